The predicted molar refractivity (Wildman–Crippen MR) is 109 cm³/mol. The molecule has 0 saturated carbocycles. The lowest BCUT2D eigenvalue weighted by Crippen LogP contribution is -2.08. The lowest BCUT2D eigenvalue weighted by atomic mass is 10.1. The minimum atomic E-state index is -0.480. The highest BCUT2D eigenvalue weighted by atomic mass is 35.5. The molecule has 0 aromatic heterocycles. The van der Waals surface area contributed by atoms with E-state index in [4.69, 9.17) is 21.1 Å². The van der Waals surface area contributed by atoms with Crippen molar-refractivity contribution in [2.45, 2.75) is 0 Å². The van der Waals surface area contributed by atoms with Crippen molar-refractivity contribution in [2.75, 3.05) is 7.11 Å². The highest BCUT2D eigenvalue weighted by Gasteiger charge is 2.08. The molecular weight excluding hydrogens is 376 g/mol. The number of halogens is 1. The Bertz CT molecular complexity index is 1010. The maximum absolute atomic E-state index is 12.3. The molecule has 0 spiro atoms. The molecule has 0 aliphatic carbocycles. The van der Waals surface area contributed by atoms with Crippen molar-refractivity contribution in [2.24, 2.45) is 0 Å². The van der Waals surface area contributed by atoms with Gasteiger partial charge in [0.2, 0.25) is 0 Å². The molecule has 0 saturated heterocycles. The summed E-state index contributed by atoms with van der Waals surface area (Å²) in [5.74, 6) is 0.466. The van der Waals surface area contributed by atoms with Crippen LogP contribution in [-0.4, -0.2) is 18.9 Å². The first-order chi connectivity index (χ1) is 13.5. The fraction of sp³-hybridized carbons (Fsp3) is 0.0435. The third-order valence-electron chi connectivity index (χ3n) is 3.95. The van der Waals surface area contributed by atoms with Crippen molar-refractivity contribution in [3.05, 3.63) is 101 Å². The number of allylic oxidation sites excluding steroid dienone is 1. The minimum Gasteiger partial charge on any atom is -0.497 e. The second-order valence-corrected chi connectivity index (χ2v) is 6.33. The van der Waals surface area contributed by atoms with Crippen LogP contribution in [0.5, 0.6) is 11.5 Å². The Hall–Kier alpha value is -3.37. The van der Waals surface area contributed by atoms with E-state index < -0.39 is 5.97 Å². The Morgan fingerprint density at radius 3 is 2.21 bits per heavy atom. The molecular formula is C23H17ClO4. The summed E-state index contributed by atoms with van der Waals surface area (Å²) in [4.78, 5) is 24.5. The third kappa shape index (κ3) is 5.09. The highest BCUT2D eigenvalue weighted by molar-refractivity contribution is 6.30. The van der Waals surface area contributed by atoms with Gasteiger partial charge in [0.05, 0.1) is 12.7 Å². The predicted octanol–water partition coefficient (Wildman–Crippen LogP) is 5.46. The number of methoxy groups -OCH3 is 1. The van der Waals surface area contributed by atoms with Gasteiger partial charge in [-0.1, -0.05) is 29.8 Å². The van der Waals surface area contributed by atoms with E-state index in [2.05, 4.69) is 0 Å². The van der Waals surface area contributed by atoms with Gasteiger partial charge in [0.15, 0.2) is 5.78 Å². The molecule has 0 heterocycles. The molecule has 0 bridgehead atoms. The van der Waals surface area contributed by atoms with Gasteiger partial charge in [-0.05, 0) is 72.3 Å². The summed E-state index contributed by atoms with van der Waals surface area (Å²) in [5, 5.41) is 0.546. The molecule has 5 heteroatoms. The van der Waals surface area contributed by atoms with Crippen molar-refractivity contribution in [3.8, 4) is 11.5 Å². The van der Waals surface area contributed by atoms with Crippen LogP contribution in [0.25, 0.3) is 6.08 Å². The standard InChI is InChI=1S/C23H17ClO4/c1-27-20-12-8-17(9-13-20)22(25)14-5-16-3-2-4-21(15-16)28-23(26)18-6-10-19(24)11-7-18/h2-15H,1H3. The fourth-order valence-electron chi connectivity index (χ4n) is 2.46. The Morgan fingerprint density at radius 1 is 0.857 bits per heavy atom. The van der Waals surface area contributed by atoms with E-state index in [1.807, 2.05) is 6.07 Å². The molecule has 0 radical (unpaired) electrons. The van der Waals surface area contributed by atoms with Crippen molar-refractivity contribution in [1.29, 1.82) is 0 Å². The summed E-state index contributed by atoms with van der Waals surface area (Å²) >= 11 is 5.82. The van der Waals surface area contributed by atoms with Crippen molar-refractivity contribution < 1.29 is 19.1 Å². The van der Waals surface area contributed by atoms with Gasteiger partial charge in [0, 0.05) is 10.6 Å². The first-order valence-corrected chi connectivity index (χ1v) is 8.87. The summed E-state index contributed by atoms with van der Waals surface area (Å²) in [6.07, 6.45) is 3.15. The van der Waals surface area contributed by atoms with Crippen LogP contribution in [0, 0.1) is 0 Å². The molecule has 4 nitrogen and oxygen atoms in total. The number of carbonyl (C=O) groups excluding carboxylic acids is 2. The Balaban J connectivity index is 1.68. The van der Waals surface area contributed by atoms with Crippen LogP contribution in [0.4, 0.5) is 0 Å². The number of carbonyl (C=O) groups is 2. The maximum atomic E-state index is 12.3. The van der Waals surface area contributed by atoms with Crippen LogP contribution in [0.3, 0.4) is 0 Å². The second-order valence-electron chi connectivity index (χ2n) is 5.89. The molecule has 3 rings (SSSR count). The van der Waals surface area contributed by atoms with E-state index in [-0.39, 0.29) is 5.78 Å². The van der Waals surface area contributed by atoms with Crippen LogP contribution >= 0.6 is 11.6 Å². The molecule has 0 atom stereocenters. The van der Waals surface area contributed by atoms with E-state index in [1.54, 1.807) is 79.9 Å². The number of esters is 1. The van der Waals surface area contributed by atoms with Crippen LogP contribution in [0.15, 0.2) is 78.9 Å². The normalized spacial score (nSPS) is 10.6. The number of hydrogen-bond acceptors (Lipinski definition) is 4. The van der Waals surface area contributed by atoms with E-state index in [9.17, 15) is 9.59 Å². The molecule has 0 aliphatic rings. The van der Waals surface area contributed by atoms with Gasteiger partial charge in [0.25, 0.3) is 0 Å². The monoisotopic (exact) mass is 392 g/mol. The topological polar surface area (TPSA) is 52.6 Å². The quantitative estimate of drug-likeness (QED) is 0.242. The van der Waals surface area contributed by atoms with E-state index in [0.29, 0.717) is 27.6 Å². The highest BCUT2D eigenvalue weighted by Crippen LogP contribution is 2.18. The first-order valence-electron chi connectivity index (χ1n) is 8.49. The Morgan fingerprint density at radius 2 is 1.54 bits per heavy atom. The van der Waals surface area contributed by atoms with E-state index >= 15 is 0 Å². The first kappa shape index (κ1) is 19.4. The fourth-order valence-corrected chi connectivity index (χ4v) is 2.58. The van der Waals surface area contributed by atoms with E-state index in [0.717, 1.165) is 5.56 Å². The van der Waals surface area contributed by atoms with Gasteiger partial charge < -0.3 is 9.47 Å². The molecule has 0 amide bonds. The van der Waals surface area contributed by atoms with Crippen molar-refractivity contribution in [1.82, 2.24) is 0 Å². The zero-order chi connectivity index (χ0) is 19.9. The zero-order valence-electron chi connectivity index (χ0n) is 15.1. The van der Waals surface area contributed by atoms with Crippen molar-refractivity contribution >= 4 is 29.4 Å². The van der Waals surface area contributed by atoms with Crippen LogP contribution in [0.2, 0.25) is 5.02 Å². The molecule has 0 fully saturated rings. The molecule has 0 aliphatic heterocycles. The number of hydrogen-bond donors (Lipinski definition) is 0. The number of rotatable bonds is 6. The zero-order valence-corrected chi connectivity index (χ0v) is 15.8. The lowest BCUT2D eigenvalue weighted by molar-refractivity contribution is 0.0734. The molecule has 3 aromatic rings. The van der Waals surface area contributed by atoms with Crippen LogP contribution < -0.4 is 9.47 Å². The number of ether oxygens (including phenoxy) is 2. The smallest absolute Gasteiger partial charge is 0.343 e. The van der Waals surface area contributed by atoms with Crippen LogP contribution in [0.1, 0.15) is 26.3 Å². The summed E-state index contributed by atoms with van der Waals surface area (Å²) < 4.78 is 10.5. The summed E-state index contributed by atoms with van der Waals surface area (Å²) in [6.45, 7) is 0. The minimum absolute atomic E-state index is 0.133. The molecule has 28 heavy (non-hydrogen) atoms. The van der Waals surface area contributed by atoms with Crippen LogP contribution in [-0.2, 0) is 0 Å². The van der Waals surface area contributed by atoms with Gasteiger partial charge >= 0.3 is 5.97 Å². The van der Waals surface area contributed by atoms with Crippen molar-refractivity contribution in [3.63, 3.8) is 0 Å². The third-order valence-corrected chi connectivity index (χ3v) is 4.20. The summed E-state index contributed by atoms with van der Waals surface area (Å²) in [5.41, 5.74) is 1.70. The Labute approximate surface area is 168 Å². The average molecular weight is 393 g/mol. The molecule has 3 aromatic carbocycles. The summed E-state index contributed by atoms with van der Waals surface area (Å²) in [6, 6.07) is 20.3. The van der Waals surface area contributed by atoms with Gasteiger partial charge in [-0.2, -0.15) is 0 Å². The number of benzene rings is 3. The molecule has 0 N–H and O–H groups in total. The Kier molecular flexibility index (Phi) is 6.25. The molecule has 140 valence electrons. The maximum Gasteiger partial charge on any atom is 0.343 e. The van der Waals surface area contributed by atoms with Gasteiger partial charge in [-0.3, -0.25) is 4.79 Å². The van der Waals surface area contributed by atoms with Gasteiger partial charge in [-0.15, -0.1) is 0 Å². The van der Waals surface area contributed by atoms with E-state index in [1.165, 1.54) is 6.08 Å². The SMILES string of the molecule is COc1ccc(C(=O)C=Cc2cccc(OC(=O)c3ccc(Cl)cc3)c2)cc1. The lowest BCUT2D eigenvalue weighted by Gasteiger charge is -2.05. The molecule has 0 unspecified atom stereocenters. The summed E-state index contributed by atoms with van der Waals surface area (Å²) in [7, 11) is 1.57. The second kappa shape index (κ2) is 9.02. The van der Waals surface area contributed by atoms with Gasteiger partial charge in [0.1, 0.15) is 11.5 Å². The largest absolute Gasteiger partial charge is 0.497 e. The van der Waals surface area contributed by atoms with Gasteiger partial charge in [-0.25, -0.2) is 4.79 Å². The average Bonchev–Trinajstić information content (AvgIpc) is 2.73. The number of ketones is 1.